The van der Waals surface area contributed by atoms with Crippen molar-refractivity contribution in [1.29, 1.82) is 0 Å². The molecule has 16 heavy (non-hydrogen) atoms. The third kappa shape index (κ3) is 2.03. The van der Waals surface area contributed by atoms with Crippen LogP contribution in [0.3, 0.4) is 0 Å². The molecule has 2 aromatic rings. The van der Waals surface area contributed by atoms with Crippen LogP contribution in [0.15, 0.2) is 28.7 Å². The van der Waals surface area contributed by atoms with Crippen molar-refractivity contribution in [1.82, 2.24) is 0 Å². The monoisotopic (exact) mass is 221 g/mol. The first-order chi connectivity index (χ1) is 7.86. The molecule has 0 saturated carbocycles. The van der Waals surface area contributed by atoms with Gasteiger partial charge in [0.2, 0.25) is 0 Å². The minimum atomic E-state index is 0.330. The molecule has 0 unspecified atom stereocenters. The van der Waals surface area contributed by atoms with Gasteiger partial charge in [0, 0.05) is 7.11 Å². The second-order valence-electron chi connectivity index (χ2n) is 3.40. The number of methoxy groups -OCH3 is 1. The molecule has 0 saturated heterocycles. The lowest BCUT2D eigenvalue weighted by molar-refractivity contribution is 0.145. The van der Waals surface area contributed by atoms with Crippen LogP contribution in [-0.4, -0.2) is 20.3 Å². The van der Waals surface area contributed by atoms with Crippen LogP contribution < -0.4 is 10.5 Å². The van der Waals surface area contributed by atoms with Gasteiger partial charge in [-0.25, -0.2) is 0 Å². The molecular weight excluding hydrogens is 206 g/mol. The third-order valence-corrected chi connectivity index (χ3v) is 2.34. The van der Waals surface area contributed by atoms with Gasteiger partial charge in [-0.3, -0.25) is 0 Å². The van der Waals surface area contributed by atoms with E-state index in [-0.39, 0.29) is 0 Å². The number of rotatable bonds is 5. The van der Waals surface area contributed by atoms with Gasteiger partial charge >= 0.3 is 0 Å². The van der Waals surface area contributed by atoms with E-state index in [4.69, 9.17) is 19.6 Å². The van der Waals surface area contributed by atoms with E-state index in [0.29, 0.717) is 25.5 Å². The Bertz CT molecular complexity index is 464. The van der Waals surface area contributed by atoms with E-state index in [1.165, 1.54) is 0 Å². The highest BCUT2D eigenvalue weighted by atomic mass is 16.5. The summed E-state index contributed by atoms with van der Waals surface area (Å²) < 4.78 is 16.2. The van der Waals surface area contributed by atoms with Crippen LogP contribution in [-0.2, 0) is 11.3 Å². The van der Waals surface area contributed by atoms with Crippen LogP contribution in [0.1, 0.15) is 5.76 Å². The number of furan rings is 1. The van der Waals surface area contributed by atoms with Gasteiger partial charge in [-0.2, -0.15) is 0 Å². The molecule has 2 rings (SSSR count). The molecule has 0 amide bonds. The van der Waals surface area contributed by atoms with Crippen molar-refractivity contribution in [3.63, 3.8) is 0 Å². The van der Waals surface area contributed by atoms with Crippen LogP contribution in [0, 0.1) is 0 Å². The van der Waals surface area contributed by atoms with Gasteiger partial charge in [0.05, 0.1) is 18.5 Å². The Balaban J connectivity index is 2.32. The van der Waals surface area contributed by atoms with Crippen LogP contribution in [0.5, 0.6) is 5.75 Å². The first kappa shape index (κ1) is 11.0. The van der Waals surface area contributed by atoms with Crippen LogP contribution in [0.2, 0.25) is 0 Å². The molecule has 86 valence electrons. The molecule has 1 heterocycles. The van der Waals surface area contributed by atoms with Crippen LogP contribution in [0.4, 0.5) is 0 Å². The summed E-state index contributed by atoms with van der Waals surface area (Å²) >= 11 is 0. The number of hydrogen-bond acceptors (Lipinski definition) is 4. The van der Waals surface area contributed by atoms with Crippen molar-refractivity contribution in [3.05, 3.63) is 30.0 Å². The Morgan fingerprint density at radius 2 is 2.06 bits per heavy atom. The Hall–Kier alpha value is -1.52. The fraction of sp³-hybridized carbons (Fsp3) is 0.333. The highest BCUT2D eigenvalue weighted by molar-refractivity contribution is 5.85. The lowest BCUT2D eigenvalue weighted by Gasteiger charge is -2.04. The van der Waals surface area contributed by atoms with Gasteiger partial charge < -0.3 is 19.6 Å². The van der Waals surface area contributed by atoms with E-state index in [2.05, 4.69) is 0 Å². The molecule has 1 aromatic heterocycles. The van der Waals surface area contributed by atoms with Gasteiger partial charge in [-0.1, -0.05) is 12.1 Å². The summed E-state index contributed by atoms with van der Waals surface area (Å²) in [6, 6.07) is 7.73. The lowest BCUT2D eigenvalue weighted by Crippen LogP contribution is -2.06. The predicted octanol–water partition coefficient (Wildman–Crippen LogP) is 1.92. The Morgan fingerprint density at radius 3 is 2.81 bits per heavy atom. The fourth-order valence-corrected chi connectivity index (χ4v) is 1.59. The van der Waals surface area contributed by atoms with Gasteiger partial charge in [0.25, 0.3) is 0 Å². The Kier molecular flexibility index (Phi) is 3.44. The van der Waals surface area contributed by atoms with Crippen LogP contribution >= 0.6 is 0 Å². The molecule has 0 spiro atoms. The van der Waals surface area contributed by atoms with Gasteiger partial charge in [-0.15, -0.1) is 0 Å². The molecule has 0 fully saturated rings. The maximum atomic E-state index is 5.62. The number of fused-ring (bicyclic) bond motifs is 1. The van der Waals surface area contributed by atoms with E-state index in [0.717, 1.165) is 16.7 Å². The van der Waals surface area contributed by atoms with E-state index in [9.17, 15) is 0 Å². The summed E-state index contributed by atoms with van der Waals surface area (Å²) in [5.74, 6) is 1.41. The highest BCUT2D eigenvalue weighted by Gasteiger charge is 2.13. The van der Waals surface area contributed by atoms with Crippen molar-refractivity contribution in [3.8, 4) is 5.75 Å². The number of benzene rings is 1. The average molecular weight is 221 g/mol. The molecule has 2 N–H and O–H groups in total. The molecule has 4 nitrogen and oxygen atoms in total. The highest BCUT2D eigenvalue weighted by Crippen LogP contribution is 2.32. The number of ether oxygens (including phenoxy) is 2. The first-order valence-electron chi connectivity index (χ1n) is 5.19. The molecule has 0 atom stereocenters. The topological polar surface area (TPSA) is 57.6 Å². The van der Waals surface area contributed by atoms with Crippen molar-refractivity contribution in [2.45, 2.75) is 6.54 Å². The summed E-state index contributed by atoms with van der Waals surface area (Å²) in [6.45, 7) is 1.37. The smallest absolute Gasteiger partial charge is 0.169 e. The zero-order valence-corrected chi connectivity index (χ0v) is 9.23. The molecule has 0 aliphatic rings. The second-order valence-corrected chi connectivity index (χ2v) is 3.40. The molecule has 4 heteroatoms. The van der Waals surface area contributed by atoms with Gasteiger partial charge in [0.1, 0.15) is 12.2 Å². The Morgan fingerprint density at radius 1 is 1.25 bits per heavy atom. The third-order valence-electron chi connectivity index (χ3n) is 2.34. The predicted molar refractivity (Wildman–Crippen MR) is 61.5 cm³/mol. The van der Waals surface area contributed by atoms with Crippen molar-refractivity contribution in [2.75, 3.05) is 20.3 Å². The van der Waals surface area contributed by atoms with E-state index < -0.39 is 0 Å². The summed E-state index contributed by atoms with van der Waals surface area (Å²) in [7, 11) is 1.64. The minimum Gasteiger partial charge on any atom is -0.487 e. The zero-order chi connectivity index (χ0) is 11.4. The SMILES string of the molecule is COCCOc1c(CN)oc2ccccc12. The summed E-state index contributed by atoms with van der Waals surface area (Å²) in [5.41, 5.74) is 6.41. The van der Waals surface area contributed by atoms with Crippen LogP contribution in [0.25, 0.3) is 11.0 Å². The number of nitrogens with two attached hydrogens (primary N) is 1. The van der Waals surface area contributed by atoms with Crippen molar-refractivity contribution in [2.24, 2.45) is 5.73 Å². The molecule has 0 aliphatic heterocycles. The molecular formula is C12H15NO3. The number of hydrogen-bond donors (Lipinski definition) is 1. The van der Waals surface area contributed by atoms with Gasteiger partial charge in [0.15, 0.2) is 11.5 Å². The molecule has 1 aromatic carbocycles. The van der Waals surface area contributed by atoms with Gasteiger partial charge in [-0.05, 0) is 12.1 Å². The van der Waals surface area contributed by atoms with E-state index in [1.54, 1.807) is 7.11 Å². The second kappa shape index (κ2) is 5.01. The zero-order valence-electron chi connectivity index (χ0n) is 9.23. The molecule has 0 bridgehead atoms. The fourth-order valence-electron chi connectivity index (χ4n) is 1.59. The maximum absolute atomic E-state index is 5.62. The standard InChI is InChI=1S/C12H15NO3/c1-14-6-7-15-12-9-4-2-3-5-10(9)16-11(12)8-13/h2-5H,6-8,13H2,1H3. The number of para-hydroxylation sites is 1. The summed E-state index contributed by atoms with van der Waals surface area (Å²) in [4.78, 5) is 0. The summed E-state index contributed by atoms with van der Waals surface area (Å²) in [6.07, 6.45) is 0. The van der Waals surface area contributed by atoms with E-state index >= 15 is 0 Å². The quantitative estimate of drug-likeness (QED) is 0.783. The largest absolute Gasteiger partial charge is 0.487 e. The Labute approximate surface area is 93.9 Å². The summed E-state index contributed by atoms with van der Waals surface area (Å²) in [5, 5.41) is 0.957. The average Bonchev–Trinajstić information content (AvgIpc) is 2.68. The molecule has 0 radical (unpaired) electrons. The normalized spacial score (nSPS) is 10.9. The maximum Gasteiger partial charge on any atom is 0.169 e. The molecule has 0 aliphatic carbocycles. The van der Waals surface area contributed by atoms with Crippen molar-refractivity contribution < 1.29 is 13.9 Å². The van der Waals surface area contributed by atoms with E-state index in [1.807, 2.05) is 24.3 Å². The first-order valence-corrected chi connectivity index (χ1v) is 5.19. The van der Waals surface area contributed by atoms with Crippen molar-refractivity contribution >= 4 is 11.0 Å². The minimum absolute atomic E-state index is 0.330. The lowest BCUT2D eigenvalue weighted by atomic mass is 10.2.